The van der Waals surface area contributed by atoms with Gasteiger partial charge < -0.3 is 5.32 Å². The van der Waals surface area contributed by atoms with Crippen molar-refractivity contribution in [3.05, 3.63) is 57.8 Å². The van der Waals surface area contributed by atoms with Crippen molar-refractivity contribution in [2.75, 3.05) is 5.32 Å². The zero-order valence-electron chi connectivity index (χ0n) is 11.9. The molecule has 2 aromatic rings. The number of aromatic nitrogens is 2. The van der Waals surface area contributed by atoms with Crippen molar-refractivity contribution >= 4 is 5.69 Å². The van der Waals surface area contributed by atoms with Crippen LogP contribution in [0.1, 0.15) is 25.0 Å². The van der Waals surface area contributed by atoms with Gasteiger partial charge in [-0.25, -0.2) is 9.07 Å². The molecule has 0 atom stereocenters. The van der Waals surface area contributed by atoms with Gasteiger partial charge in [0.25, 0.3) is 5.56 Å². The van der Waals surface area contributed by atoms with E-state index >= 15 is 0 Å². The Balaban J connectivity index is 2.26. The fourth-order valence-corrected chi connectivity index (χ4v) is 1.94. The Kier molecular flexibility index (Phi) is 4.17. The number of aryl methyl sites for hydroxylation is 1. The van der Waals surface area contributed by atoms with Crippen LogP contribution in [-0.2, 0) is 6.54 Å². The van der Waals surface area contributed by atoms with Gasteiger partial charge in [-0.05, 0) is 44.0 Å². The highest BCUT2D eigenvalue weighted by atomic mass is 19.1. The second-order valence-corrected chi connectivity index (χ2v) is 5.11. The molecule has 2 rings (SSSR count). The molecule has 0 radical (unpaired) electrons. The summed E-state index contributed by atoms with van der Waals surface area (Å²) < 4.78 is 14.6. The zero-order valence-corrected chi connectivity index (χ0v) is 11.9. The first-order valence-corrected chi connectivity index (χ1v) is 6.54. The van der Waals surface area contributed by atoms with E-state index in [2.05, 4.69) is 10.4 Å². The molecule has 0 aliphatic rings. The van der Waals surface area contributed by atoms with Crippen molar-refractivity contribution in [1.29, 1.82) is 0 Å². The van der Waals surface area contributed by atoms with Crippen LogP contribution >= 0.6 is 0 Å². The first-order chi connectivity index (χ1) is 9.45. The van der Waals surface area contributed by atoms with E-state index in [9.17, 15) is 9.18 Å². The molecular weight excluding hydrogens is 257 g/mol. The van der Waals surface area contributed by atoms with Crippen LogP contribution < -0.4 is 10.9 Å². The number of anilines is 1. The largest absolute Gasteiger partial charge is 0.381 e. The van der Waals surface area contributed by atoms with E-state index in [-0.39, 0.29) is 24.0 Å². The molecule has 1 N–H and O–H groups in total. The molecule has 0 saturated heterocycles. The lowest BCUT2D eigenvalue weighted by Crippen LogP contribution is -2.24. The predicted molar refractivity (Wildman–Crippen MR) is 77.5 cm³/mol. The fraction of sp³-hybridized carbons (Fsp3) is 0.333. The van der Waals surface area contributed by atoms with Gasteiger partial charge in [-0.15, -0.1) is 0 Å². The fourth-order valence-electron chi connectivity index (χ4n) is 1.94. The number of nitrogens with zero attached hydrogens (tertiary/aromatic N) is 2. The topological polar surface area (TPSA) is 46.9 Å². The second kappa shape index (κ2) is 5.86. The second-order valence-electron chi connectivity index (χ2n) is 5.11. The van der Waals surface area contributed by atoms with E-state index < -0.39 is 0 Å². The standard InChI is InChI=1S/C15H18FN3O/c1-10(2)18-14-7-15(20)19(17-8-14)9-12-6-13(16)5-4-11(12)3/h4-8,10,18H,9H2,1-3H3. The first-order valence-electron chi connectivity index (χ1n) is 6.54. The van der Waals surface area contributed by atoms with E-state index in [1.54, 1.807) is 12.3 Å². The maximum absolute atomic E-state index is 13.2. The number of rotatable bonds is 4. The molecule has 1 heterocycles. The number of nitrogens with one attached hydrogen (secondary N) is 1. The van der Waals surface area contributed by atoms with E-state index in [0.717, 1.165) is 11.1 Å². The number of benzene rings is 1. The van der Waals surface area contributed by atoms with Gasteiger partial charge in [0.2, 0.25) is 0 Å². The third kappa shape index (κ3) is 3.44. The van der Waals surface area contributed by atoms with Gasteiger partial charge in [-0.3, -0.25) is 4.79 Å². The highest BCUT2D eigenvalue weighted by Crippen LogP contribution is 2.11. The summed E-state index contributed by atoms with van der Waals surface area (Å²) in [6.07, 6.45) is 1.61. The average molecular weight is 275 g/mol. The van der Waals surface area contributed by atoms with Gasteiger partial charge in [0.1, 0.15) is 5.82 Å². The molecule has 0 spiro atoms. The minimum Gasteiger partial charge on any atom is -0.381 e. The molecule has 0 aliphatic carbocycles. The molecule has 1 aromatic carbocycles. The minimum absolute atomic E-state index is 0.209. The van der Waals surface area contributed by atoms with E-state index in [4.69, 9.17) is 0 Å². The van der Waals surface area contributed by atoms with Crippen LogP contribution in [0.25, 0.3) is 0 Å². The Morgan fingerprint density at radius 1 is 1.35 bits per heavy atom. The third-order valence-corrected chi connectivity index (χ3v) is 2.96. The monoisotopic (exact) mass is 275 g/mol. The molecule has 0 saturated carbocycles. The van der Waals surface area contributed by atoms with Crippen molar-refractivity contribution in [1.82, 2.24) is 9.78 Å². The summed E-state index contributed by atoms with van der Waals surface area (Å²) >= 11 is 0. The normalized spacial score (nSPS) is 10.8. The lowest BCUT2D eigenvalue weighted by Gasteiger charge is -2.11. The average Bonchev–Trinajstić information content (AvgIpc) is 2.36. The third-order valence-electron chi connectivity index (χ3n) is 2.96. The van der Waals surface area contributed by atoms with Gasteiger partial charge in [-0.2, -0.15) is 5.10 Å². The number of hydrogen-bond acceptors (Lipinski definition) is 3. The zero-order chi connectivity index (χ0) is 14.7. The smallest absolute Gasteiger partial charge is 0.269 e. The Hall–Kier alpha value is -2.17. The van der Waals surface area contributed by atoms with Gasteiger partial charge in [-0.1, -0.05) is 6.07 Å². The van der Waals surface area contributed by atoms with Crippen molar-refractivity contribution < 1.29 is 4.39 Å². The molecule has 0 aliphatic heterocycles. The SMILES string of the molecule is Cc1ccc(F)cc1Cn1ncc(NC(C)C)cc1=O. The lowest BCUT2D eigenvalue weighted by atomic mass is 10.1. The molecule has 5 heteroatoms. The molecule has 1 aromatic heterocycles. The van der Waals surface area contributed by atoms with Crippen LogP contribution in [0.5, 0.6) is 0 Å². The van der Waals surface area contributed by atoms with E-state index in [1.807, 2.05) is 20.8 Å². The molecule has 0 unspecified atom stereocenters. The molecular formula is C15H18FN3O. The highest BCUT2D eigenvalue weighted by Gasteiger charge is 2.05. The Morgan fingerprint density at radius 2 is 2.10 bits per heavy atom. The molecule has 4 nitrogen and oxygen atoms in total. The molecule has 0 bridgehead atoms. The predicted octanol–water partition coefficient (Wildman–Crippen LogP) is 2.56. The van der Waals surface area contributed by atoms with E-state index in [0.29, 0.717) is 5.69 Å². The maximum atomic E-state index is 13.2. The van der Waals surface area contributed by atoms with E-state index in [1.165, 1.54) is 22.9 Å². The molecule has 106 valence electrons. The summed E-state index contributed by atoms with van der Waals surface area (Å²) in [5.74, 6) is -0.309. The van der Waals surface area contributed by atoms with Gasteiger partial charge in [0, 0.05) is 12.1 Å². The minimum atomic E-state index is -0.309. The summed E-state index contributed by atoms with van der Waals surface area (Å²) in [6.45, 7) is 6.13. The van der Waals surface area contributed by atoms with Crippen LogP contribution in [0.15, 0.2) is 35.3 Å². The molecule has 0 amide bonds. The summed E-state index contributed by atoms with van der Waals surface area (Å²) in [7, 11) is 0. The Morgan fingerprint density at radius 3 is 2.75 bits per heavy atom. The van der Waals surface area contributed by atoms with Gasteiger partial charge in [0.15, 0.2) is 0 Å². The van der Waals surface area contributed by atoms with Gasteiger partial charge in [0.05, 0.1) is 18.4 Å². The Labute approximate surface area is 117 Å². The molecule has 20 heavy (non-hydrogen) atoms. The number of halogens is 1. The summed E-state index contributed by atoms with van der Waals surface area (Å²) in [4.78, 5) is 12.0. The lowest BCUT2D eigenvalue weighted by molar-refractivity contribution is 0.608. The maximum Gasteiger partial charge on any atom is 0.269 e. The van der Waals surface area contributed by atoms with Crippen molar-refractivity contribution in [3.8, 4) is 0 Å². The quantitative estimate of drug-likeness (QED) is 0.932. The van der Waals surface area contributed by atoms with Crippen molar-refractivity contribution in [3.63, 3.8) is 0 Å². The van der Waals surface area contributed by atoms with Crippen LogP contribution in [0.3, 0.4) is 0 Å². The summed E-state index contributed by atoms with van der Waals surface area (Å²) in [5, 5.41) is 7.24. The number of hydrogen-bond donors (Lipinski definition) is 1. The van der Waals surface area contributed by atoms with Crippen molar-refractivity contribution in [2.24, 2.45) is 0 Å². The van der Waals surface area contributed by atoms with Crippen LogP contribution in [0.2, 0.25) is 0 Å². The van der Waals surface area contributed by atoms with Crippen LogP contribution in [0, 0.1) is 12.7 Å². The first kappa shape index (κ1) is 14.2. The highest BCUT2D eigenvalue weighted by molar-refractivity contribution is 5.39. The summed E-state index contributed by atoms with van der Waals surface area (Å²) in [6, 6.07) is 6.28. The van der Waals surface area contributed by atoms with Gasteiger partial charge >= 0.3 is 0 Å². The van der Waals surface area contributed by atoms with Crippen molar-refractivity contribution in [2.45, 2.75) is 33.4 Å². The van der Waals surface area contributed by atoms with Crippen LogP contribution in [0.4, 0.5) is 10.1 Å². The summed E-state index contributed by atoms with van der Waals surface area (Å²) in [5.41, 5.74) is 2.17. The molecule has 0 fully saturated rings. The van der Waals surface area contributed by atoms with Crippen LogP contribution in [-0.4, -0.2) is 15.8 Å². The Bertz CT molecular complexity index is 664.